The number of fused-ring (bicyclic) bond motifs is 2. The standard InChI is InChI=1S/C20H22ClN3/c1-12-13(2)23(4)19-17(12)7-9-22-20(19)24-10-8-15-5-6-16(21)11-18(15)14(24)3/h5-7,9,11,14H,8,10H2,1-4H3. The van der Waals surface area contributed by atoms with E-state index in [0.29, 0.717) is 0 Å². The van der Waals surface area contributed by atoms with Crippen molar-refractivity contribution in [3.8, 4) is 0 Å². The summed E-state index contributed by atoms with van der Waals surface area (Å²) >= 11 is 6.24. The third-order valence-electron chi connectivity index (χ3n) is 5.61. The summed E-state index contributed by atoms with van der Waals surface area (Å²) < 4.78 is 2.27. The smallest absolute Gasteiger partial charge is 0.153 e. The Morgan fingerprint density at radius 1 is 1.21 bits per heavy atom. The molecule has 1 atom stereocenters. The molecular formula is C20H22ClN3. The van der Waals surface area contributed by atoms with Crippen LogP contribution in [0.1, 0.15) is 35.3 Å². The number of nitrogens with zero attached hydrogens (tertiary/aromatic N) is 3. The van der Waals surface area contributed by atoms with Gasteiger partial charge in [-0.2, -0.15) is 0 Å². The van der Waals surface area contributed by atoms with Gasteiger partial charge in [-0.15, -0.1) is 0 Å². The van der Waals surface area contributed by atoms with Crippen LogP contribution in [0.25, 0.3) is 10.9 Å². The first-order chi connectivity index (χ1) is 11.5. The van der Waals surface area contributed by atoms with E-state index in [9.17, 15) is 0 Å². The maximum Gasteiger partial charge on any atom is 0.153 e. The van der Waals surface area contributed by atoms with Gasteiger partial charge in [-0.05, 0) is 62.1 Å². The van der Waals surface area contributed by atoms with Crippen LogP contribution in [0.3, 0.4) is 0 Å². The molecule has 3 nitrogen and oxygen atoms in total. The van der Waals surface area contributed by atoms with Crippen LogP contribution in [-0.4, -0.2) is 16.1 Å². The molecule has 0 amide bonds. The highest BCUT2D eigenvalue weighted by Crippen LogP contribution is 2.38. The summed E-state index contributed by atoms with van der Waals surface area (Å²) in [5, 5.41) is 2.10. The summed E-state index contributed by atoms with van der Waals surface area (Å²) in [6.07, 6.45) is 2.96. The topological polar surface area (TPSA) is 21.1 Å². The van der Waals surface area contributed by atoms with E-state index in [1.54, 1.807) is 0 Å². The van der Waals surface area contributed by atoms with Gasteiger partial charge in [0.05, 0.1) is 11.6 Å². The summed E-state index contributed by atoms with van der Waals surface area (Å²) in [7, 11) is 2.13. The largest absolute Gasteiger partial charge is 0.348 e. The molecule has 0 aliphatic carbocycles. The van der Waals surface area contributed by atoms with Gasteiger partial charge < -0.3 is 9.47 Å². The lowest BCUT2D eigenvalue weighted by Gasteiger charge is -2.36. The summed E-state index contributed by atoms with van der Waals surface area (Å²) in [5.74, 6) is 1.07. The quantitative estimate of drug-likeness (QED) is 0.624. The second-order valence-electron chi connectivity index (χ2n) is 6.76. The fourth-order valence-corrected chi connectivity index (χ4v) is 4.16. The average molecular weight is 340 g/mol. The Hall–Kier alpha value is -2.00. The molecule has 0 radical (unpaired) electrons. The molecule has 3 heterocycles. The summed E-state index contributed by atoms with van der Waals surface area (Å²) in [6, 6.07) is 8.65. The number of anilines is 1. The van der Waals surface area contributed by atoms with Crippen molar-refractivity contribution in [2.75, 3.05) is 11.4 Å². The number of aryl methyl sites for hydroxylation is 2. The van der Waals surface area contributed by atoms with Gasteiger partial charge in [0, 0.05) is 35.9 Å². The minimum atomic E-state index is 0.265. The highest BCUT2D eigenvalue weighted by atomic mass is 35.5. The Morgan fingerprint density at radius 3 is 2.79 bits per heavy atom. The van der Waals surface area contributed by atoms with Crippen molar-refractivity contribution in [1.29, 1.82) is 0 Å². The van der Waals surface area contributed by atoms with E-state index >= 15 is 0 Å². The Kier molecular flexibility index (Phi) is 3.57. The van der Waals surface area contributed by atoms with E-state index in [2.05, 4.69) is 55.5 Å². The molecule has 0 bridgehead atoms. The van der Waals surface area contributed by atoms with Crippen LogP contribution in [0, 0.1) is 13.8 Å². The number of hydrogen-bond acceptors (Lipinski definition) is 2. The summed E-state index contributed by atoms with van der Waals surface area (Å²) in [5.41, 5.74) is 6.58. The predicted molar refractivity (Wildman–Crippen MR) is 101 cm³/mol. The molecule has 0 N–H and O–H groups in total. The van der Waals surface area contributed by atoms with Gasteiger partial charge in [0.15, 0.2) is 5.82 Å². The highest BCUT2D eigenvalue weighted by Gasteiger charge is 2.27. The first-order valence-electron chi connectivity index (χ1n) is 8.44. The Bertz CT molecular complexity index is 942. The van der Waals surface area contributed by atoms with Crippen molar-refractivity contribution in [1.82, 2.24) is 9.55 Å². The first kappa shape index (κ1) is 15.5. The van der Waals surface area contributed by atoms with E-state index in [1.165, 1.54) is 33.3 Å². The van der Waals surface area contributed by atoms with E-state index in [1.807, 2.05) is 12.3 Å². The summed E-state index contributed by atoms with van der Waals surface area (Å²) in [4.78, 5) is 7.18. The molecule has 1 aliphatic heterocycles. The zero-order valence-corrected chi connectivity index (χ0v) is 15.4. The van der Waals surface area contributed by atoms with Gasteiger partial charge >= 0.3 is 0 Å². The first-order valence-corrected chi connectivity index (χ1v) is 8.82. The Labute approximate surface area is 147 Å². The Balaban J connectivity index is 1.89. The van der Waals surface area contributed by atoms with Crippen molar-refractivity contribution < 1.29 is 0 Å². The lowest BCUT2D eigenvalue weighted by atomic mass is 9.93. The molecule has 0 fully saturated rings. The van der Waals surface area contributed by atoms with Crippen LogP contribution in [0.4, 0.5) is 5.82 Å². The number of benzene rings is 1. The van der Waals surface area contributed by atoms with Crippen molar-refractivity contribution in [3.05, 3.63) is 57.9 Å². The minimum absolute atomic E-state index is 0.265. The molecule has 24 heavy (non-hydrogen) atoms. The summed E-state index contributed by atoms with van der Waals surface area (Å²) in [6.45, 7) is 7.59. The van der Waals surface area contributed by atoms with Crippen molar-refractivity contribution in [2.24, 2.45) is 7.05 Å². The molecule has 1 aromatic carbocycles. The zero-order chi connectivity index (χ0) is 17.0. The lowest BCUT2D eigenvalue weighted by Crippen LogP contribution is -2.34. The Morgan fingerprint density at radius 2 is 2.00 bits per heavy atom. The molecule has 4 heteroatoms. The van der Waals surface area contributed by atoms with Gasteiger partial charge in [-0.25, -0.2) is 4.98 Å². The number of halogens is 1. The maximum atomic E-state index is 6.24. The lowest BCUT2D eigenvalue weighted by molar-refractivity contribution is 0.618. The number of aromatic nitrogens is 2. The van der Waals surface area contributed by atoms with Gasteiger partial charge in [-0.1, -0.05) is 17.7 Å². The van der Waals surface area contributed by atoms with Gasteiger partial charge in [-0.3, -0.25) is 0 Å². The third-order valence-corrected chi connectivity index (χ3v) is 5.84. The van der Waals surface area contributed by atoms with Crippen LogP contribution in [0.2, 0.25) is 5.02 Å². The van der Waals surface area contributed by atoms with Crippen molar-refractivity contribution >= 4 is 28.3 Å². The molecular weight excluding hydrogens is 318 g/mol. The second-order valence-corrected chi connectivity index (χ2v) is 7.20. The van der Waals surface area contributed by atoms with Crippen molar-refractivity contribution in [2.45, 2.75) is 33.2 Å². The SMILES string of the molecule is Cc1c(C)n(C)c2c(N3CCc4ccc(Cl)cc4C3C)nccc12. The highest BCUT2D eigenvalue weighted by molar-refractivity contribution is 6.30. The van der Waals surface area contributed by atoms with Crippen LogP contribution >= 0.6 is 11.6 Å². The molecule has 1 unspecified atom stereocenters. The number of hydrogen-bond donors (Lipinski definition) is 0. The fraction of sp³-hybridized carbons (Fsp3) is 0.350. The van der Waals surface area contributed by atoms with Crippen LogP contribution in [-0.2, 0) is 13.5 Å². The van der Waals surface area contributed by atoms with Crippen LogP contribution in [0.5, 0.6) is 0 Å². The van der Waals surface area contributed by atoms with E-state index in [0.717, 1.165) is 23.8 Å². The molecule has 2 aromatic heterocycles. The van der Waals surface area contributed by atoms with Crippen LogP contribution < -0.4 is 4.90 Å². The average Bonchev–Trinajstić information content (AvgIpc) is 2.81. The van der Waals surface area contributed by atoms with Crippen molar-refractivity contribution in [3.63, 3.8) is 0 Å². The van der Waals surface area contributed by atoms with Gasteiger partial charge in [0.1, 0.15) is 0 Å². The molecule has 1 aliphatic rings. The molecule has 3 aromatic rings. The molecule has 0 spiro atoms. The third kappa shape index (κ3) is 2.15. The normalized spacial score (nSPS) is 17.4. The minimum Gasteiger partial charge on any atom is -0.348 e. The molecule has 4 rings (SSSR count). The van der Waals surface area contributed by atoms with E-state index in [-0.39, 0.29) is 6.04 Å². The predicted octanol–water partition coefficient (Wildman–Crippen LogP) is 4.97. The van der Waals surface area contributed by atoms with Crippen LogP contribution in [0.15, 0.2) is 30.5 Å². The maximum absolute atomic E-state index is 6.24. The molecule has 0 saturated heterocycles. The number of pyridine rings is 1. The monoisotopic (exact) mass is 339 g/mol. The van der Waals surface area contributed by atoms with E-state index < -0.39 is 0 Å². The van der Waals surface area contributed by atoms with E-state index in [4.69, 9.17) is 16.6 Å². The number of rotatable bonds is 1. The zero-order valence-electron chi connectivity index (χ0n) is 14.6. The fourth-order valence-electron chi connectivity index (χ4n) is 3.97. The van der Waals surface area contributed by atoms with Gasteiger partial charge in [0.25, 0.3) is 0 Å². The molecule has 124 valence electrons. The second kappa shape index (κ2) is 5.52. The van der Waals surface area contributed by atoms with Gasteiger partial charge in [0.2, 0.25) is 0 Å². The molecule has 0 saturated carbocycles.